The Balaban J connectivity index is 0.000000349. The Labute approximate surface area is 679 Å². The van der Waals surface area contributed by atoms with Gasteiger partial charge in [0.15, 0.2) is 0 Å². The third kappa shape index (κ3) is 29.7. The summed E-state index contributed by atoms with van der Waals surface area (Å²) in [5.74, 6) is 3.11. The van der Waals surface area contributed by atoms with E-state index in [1.54, 1.807) is 73.4 Å². The number of ether oxygens (including phenoxy) is 4. The molecule has 0 aliphatic rings. The number of nitrogens with zero attached hydrogens (tertiary/aromatic N) is 4. The van der Waals surface area contributed by atoms with E-state index in [1.165, 1.54) is 24.3 Å². The van der Waals surface area contributed by atoms with Crippen molar-refractivity contribution in [3.63, 3.8) is 0 Å². The molecule has 0 atom stereocenters. The molecule has 0 fully saturated rings. The van der Waals surface area contributed by atoms with Crippen LogP contribution in [0.15, 0.2) is 166 Å². The van der Waals surface area contributed by atoms with Crippen LogP contribution in [0.1, 0.15) is 174 Å². The molecular formula is C92H116FeN8O12. The van der Waals surface area contributed by atoms with E-state index in [1.807, 2.05) is 159 Å². The molecule has 0 aliphatic heterocycles. The fourth-order valence-corrected chi connectivity index (χ4v) is 11.7. The number of amides is 4. The number of rotatable bonds is 38. The van der Waals surface area contributed by atoms with Crippen molar-refractivity contribution in [2.75, 3.05) is 73.9 Å². The number of anilines is 4. The predicted molar refractivity (Wildman–Crippen MR) is 454 cm³/mol. The Bertz CT molecular complexity index is 4080. The smallest absolute Gasteiger partial charge is 0.230 e. The van der Waals surface area contributed by atoms with E-state index in [2.05, 4.69) is 65.5 Å². The van der Waals surface area contributed by atoms with Gasteiger partial charge in [0.2, 0.25) is 23.6 Å². The van der Waals surface area contributed by atoms with Crippen molar-refractivity contribution < 1.29 is 75.6 Å². The minimum atomic E-state index is -0.636. The van der Waals surface area contributed by atoms with Gasteiger partial charge in [-0.15, -0.1) is 0 Å². The number of phenolic OH excluding ortho intramolecular Hbond substituents is 4. The molecule has 21 heteroatoms. The average molecular weight is 1580 g/mol. The first-order chi connectivity index (χ1) is 53.1. The largest absolute Gasteiger partial charge is 0.507 e. The molecular weight excluding hydrogens is 1460 g/mol. The number of benzene rings is 8. The maximum Gasteiger partial charge on any atom is 0.230 e. The van der Waals surface area contributed by atoms with Crippen molar-refractivity contribution in [1.82, 2.24) is 0 Å². The van der Waals surface area contributed by atoms with Gasteiger partial charge in [0.1, 0.15) is 46.0 Å². The average Bonchev–Trinajstić information content (AvgIpc) is 0.847. The van der Waals surface area contributed by atoms with Crippen LogP contribution in [0, 0.1) is 77.0 Å². The van der Waals surface area contributed by atoms with E-state index in [-0.39, 0.29) is 63.7 Å². The fraction of sp³-hybridized carbons (Fsp3) is 0.391. The molecule has 0 saturated carbocycles. The van der Waals surface area contributed by atoms with E-state index >= 15 is 0 Å². The van der Waals surface area contributed by atoms with E-state index < -0.39 is 21.7 Å². The van der Waals surface area contributed by atoms with Gasteiger partial charge in [0.25, 0.3) is 0 Å². The zero-order chi connectivity index (χ0) is 81.8. The number of aliphatic imine (C=N–C) groups is 4. The Kier molecular flexibility index (Phi) is 34.9. The third-order valence-corrected chi connectivity index (χ3v) is 19.4. The van der Waals surface area contributed by atoms with Crippen LogP contribution in [0.2, 0.25) is 0 Å². The van der Waals surface area contributed by atoms with Crippen LogP contribution in [0.5, 0.6) is 46.0 Å². The summed E-state index contributed by atoms with van der Waals surface area (Å²) in [5, 5.41) is 53.6. The molecule has 113 heavy (non-hydrogen) atoms. The Morgan fingerprint density at radius 2 is 0.504 bits per heavy atom. The second-order valence-corrected chi connectivity index (χ2v) is 31.5. The molecule has 8 rings (SSSR count). The van der Waals surface area contributed by atoms with Gasteiger partial charge >= 0.3 is 0 Å². The quantitative estimate of drug-likeness (QED) is 0.00776. The molecule has 604 valence electrons. The second kappa shape index (κ2) is 43.3. The first-order valence-electron chi connectivity index (χ1n) is 38.5. The Morgan fingerprint density at radius 3 is 0.699 bits per heavy atom. The molecule has 8 N–H and O–H groups in total. The summed E-state index contributed by atoms with van der Waals surface area (Å²) in [6.07, 6.45) is 11.6. The summed E-state index contributed by atoms with van der Waals surface area (Å²) in [6.45, 7) is 34.8. The summed E-state index contributed by atoms with van der Waals surface area (Å²) in [6, 6.07) is 43.9. The standard InChI is InChI=1S/2C46H58N4O6.Fe/c2*1-31-11-13-33(3)41(25-31)55-23-9-19-45(5,6)43(53)49-37-15-17-39(51)35(27-37)29-47-21-22-48-30-36-28-38(16-18-40(36)52)50-44(54)46(7,8)20-10-24-56-42-26-32(2)12-14-34(42)4;/h2*11-18,25-30,51-52H,9-10,19-24H2,1-8H3,(H,49,53)(H,50,54);. The monoisotopic (exact) mass is 1580 g/mol. The van der Waals surface area contributed by atoms with E-state index in [0.717, 1.165) is 93.2 Å². The molecule has 0 saturated heterocycles. The molecule has 0 unspecified atom stereocenters. The fourth-order valence-electron chi connectivity index (χ4n) is 11.7. The SMILES string of the molecule is Cc1ccc(C)c(OCCCC(C)(C)C(=O)Nc2ccc(O)c(C=NCCN=Cc3cc(NC(=O)C(C)(C)CCCOc4cc(C)ccc4C)ccc3O)c2)c1.Cc1ccc(C)c(OCCCC(C)(C)C(=O)Nc2ccc(O)c(C=NCCN=Cc3cc(NC(=O)C(C)(C)CCCOc4cc(C)ccc4C)ccc3O)c2)c1.[Fe]. The minimum Gasteiger partial charge on any atom is -0.507 e. The molecule has 4 amide bonds. The van der Waals surface area contributed by atoms with E-state index in [0.29, 0.717) is 123 Å². The molecule has 20 nitrogen and oxygen atoms in total. The maximum absolute atomic E-state index is 13.2. The first kappa shape index (κ1) is 91.1. The summed E-state index contributed by atoms with van der Waals surface area (Å²) >= 11 is 0. The summed E-state index contributed by atoms with van der Waals surface area (Å²) < 4.78 is 23.9. The number of carbonyl (C=O) groups is 4. The Morgan fingerprint density at radius 1 is 0.310 bits per heavy atom. The summed E-state index contributed by atoms with van der Waals surface area (Å²) in [7, 11) is 0. The van der Waals surface area contributed by atoms with Gasteiger partial charge in [-0.05, 0) is 248 Å². The van der Waals surface area contributed by atoms with Gasteiger partial charge in [0, 0.05) is 109 Å². The number of phenols is 4. The van der Waals surface area contributed by atoms with Crippen LogP contribution < -0.4 is 40.2 Å². The summed E-state index contributed by atoms with van der Waals surface area (Å²) in [5.41, 5.74) is 10.4. The molecule has 8 aromatic rings. The molecule has 0 heterocycles. The van der Waals surface area contributed by atoms with E-state index in [9.17, 15) is 39.6 Å². The van der Waals surface area contributed by atoms with Crippen LogP contribution in [0.3, 0.4) is 0 Å². The predicted octanol–water partition coefficient (Wildman–Crippen LogP) is 19.0. The van der Waals surface area contributed by atoms with Gasteiger partial charge in [-0.1, -0.05) is 104 Å². The Hall–Kier alpha value is -10.8. The van der Waals surface area contributed by atoms with Gasteiger partial charge < -0.3 is 60.6 Å². The van der Waals surface area contributed by atoms with Crippen LogP contribution >= 0.6 is 0 Å². The molecule has 8 aromatic carbocycles. The summed E-state index contributed by atoms with van der Waals surface area (Å²) in [4.78, 5) is 70.3. The van der Waals surface area contributed by atoms with Gasteiger partial charge in [-0.25, -0.2) is 0 Å². The molecule has 0 radical (unpaired) electrons. The van der Waals surface area contributed by atoms with E-state index in [4.69, 9.17) is 18.9 Å². The van der Waals surface area contributed by atoms with Crippen molar-refractivity contribution in [2.45, 2.75) is 162 Å². The van der Waals surface area contributed by atoms with Gasteiger partial charge in [-0.2, -0.15) is 0 Å². The minimum absolute atomic E-state index is 0. The van der Waals surface area contributed by atoms with Crippen LogP contribution in [-0.4, -0.2) is 122 Å². The number of hydrogen-bond donors (Lipinski definition) is 8. The van der Waals surface area contributed by atoms with Crippen LogP contribution in [0.4, 0.5) is 22.7 Å². The number of nitrogens with one attached hydrogen (secondary N) is 4. The van der Waals surface area contributed by atoms with Crippen molar-refractivity contribution in [3.05, 3.63) is 212 Å². The third-order valence-electron chi connectivity index (χ3n) is 19.4. The number of hydrogen-bond acceptors (Lipinski definition) is 16. The zero-order valence-corrected chi connectivity index (χ0v) is 69.8. The van der Waals surface area contributed by atoms with Crippen molar-refractivity contribution in [3.8, 4) is 46.0 Å². The number of aryl methyl sites for hydroxylation is 8. The van der Waals surface area contributed by atoms with Crippen molar-refractivity contribution in [1.29, 1.82) is 0 Å². The molecule has 0 aliphatic carbocycles. The molecule has 0 aromatic heterocycles. The number of carbonyl (C=O) groups excluding carboxylic acids is 4. The van der Waals surface area contributed by atoms with Gasteiger partial charge in [-0.3, -0.25) is 39.1 Å². The maximum atomic E-state index is 13.2. The molecule has 0 bridgehead atoms. The van der Waals surface area contributed by atoms with Crippen LogP contribution in [-0.2, 0) is 36.2 Å². The zero-order valence-electron chi connectivity index (χ0n) is 68.7. The first-order valence-corrected chi connectivity index (χ1v) is 38.5. The molecule has 0 spiro atoms. The normalized spacial score (nSPS) is 11.8. The second-order valence-electron chi connectivity index (χ2n) is 31.5. The topological polar surface area (TPSA) is 284 Å². The van der Waals surface area contributed by atoms with Crippen molar-refractivity contribution in [2.24, 2.45) is 41.6 Å². The van der Waals surface area contributed by atoms with Crippen LogP contribution in [0.25, 0.3) is 0 Å². The number of aromatic hydroxyl groups is 4. The van der Waals surface area contributed by atoms with Crippen molar-refractivity contribution >= 4 is 71.2 Å². The van der Waals surface area contributed by atoms with Gasteiger partial charge in [0.05, 0.1) is 52.6 Å².